The number of carbonyl (C=O) groups is 3. The van der Waals surface area contributed by atoms with Gasteiger partial charge >= 0.3 is 0 Å². The van der Waals surface area contributed by atoms with Gasteiger partial charge in [-0.1, -0.05) is 18.2 Å². The molecule has 0 bridgehead atoms. The normalized spacial score (nSPS) is 16.1. The fourth-order valence-corrected chi connectivity index (χ4v) is 4.53. The highest BCUT2D eigenvalue weighted by Crippen LogP contribution is 2.32. The lowest BCUT2D eigenvalue weighted by Crippen LogP contribution is -2.45. The van der Waals surface area contributed by atoms with E-state index in [9.17, 15) is 14.4 Å². The van der Waals surface area contributed by atoms with Crippen LogP contribution in [0.4, 0.5) is 11.4 Å². The fourth-order valence-electron chi connectivity index (χ4n) is 3.79. The molecule has 1 saturated heterocycles. The minimum atomic E-state index is -1.04. The first kappa shape index (κ1) is 23.3. The van der Waals surface area contributed by atoms with Crippen LogP contribution in [0.25, 0.3) is 0 Å². The van der Waals surface area contributed by atoms with Gasteiger partial charge in [0, 0.05) is 31.2 Å². The molecule has 2 atom stereocenters. The second kappa shape index (κ2) is 10.4. The van der Waals surface area contributed by atoms with E-state index in [4.69, 9.17) is 16.2 Å². The van der Waals surface area contributed by atoms with Crippen molar-refractivity contribution in [2.24, 2.45) is 5.73 Å². The minimum absolute atomic E-state index is 0.0173. The average molecular weight is 481 g/mol. The number of nitrogen functional groups attached to an aromatic ring is 1. The quantitative estimate of drug-likeness (QED) is 0.445. The second-order valence-electron chi connectivity index (χ2n) is 7.71. The first-order chi connectivity index (χ1) is 16.5. The van der Waals surface area contributed by atoms with Crippen molar-refractivity contribution in [2.45, 2.75) is 25.0 Å². The Morgan fingerprint density at radius 3 is 2.53 bits per heavy atom. The number of nitrogens with one attached hydrogen (secondary N) is 1. The summed E-state index contributed by atoms with van der Waals surface area (Å²) in [7, 11) is 0. The number of anilines is 2. The smallest absolute Gasteiger partial charge is 0.273 e. The number of nitrogens with two attached hydrogens (primary N) is 2. The van der Waals surface area contributed by atoms with Gasteiger partial charge in [-0.3, -0.25) is 24.3 Å². The van der Waals surface area contributed by atoms with Crippen LogP contribution in [0.5, 0.6) is 0 Å². The Morgan fingerprint density at radius 2 is 1.91 bits per heavy atom. The summed E-state index contributed by atoms with van der Waals surface area (Å²) in [6.45, 7) is 0.988. The van der Waals surface area contributed by atoms with Crippen LogP contribution in [0.15, 0.2) is 54.9 Å². The van der Waals surface area contributed by atoms with Gasteiger partial charge in [-0.2, -0.15) is 4.37 Å². The molecule has 1 fully saturated rings. The summed E-state index contributed by atoms with van der Waals surface area (Å²) in [5.41, 5.74) is 12.1. The molecule has 34 heavy (non-hydrogen) atoms. The molecule has 4 rings (SSSR count). The second-order valence-corrected chi connectivity index (χ2v) is 8.49. The summed E-state index contributed by atoms with van der Waals surface area (Å²) in [6.07, 6.45) is 4.83. The van der Waals surface area contributed by atoms with Gasteiger partial charge in [0.25, 0.3) is 11.8 Å². The van der Waals surface area contributed by atoms with E-state index in [-0.39, 0.29) is 22.4 Å². The molecule has 3 heterocycles. The van der Waals surface area contributed by atoms with E-state index in [0.717, 1.165) is 24.4 Å². The van der Waals surface area contributed by atoms with Crippen LogP contribution in [-0.2, 0) is 9.53 Å². The van der Waals surface area contributed by atoms with Crippen molar-refractivity contribution in [1.82, 2.24) is 14.7 Å². The van der Waals surface area contributed by atoms with E-state index in [1.54, 1.807) is 54.9 Å². The molecule has 5 N–H and O–H groups in total. The zero-order valence-electron chi connectivity index (χ0n) is 18.2. The Balaban J connectivity index is 1.76. The van der Waals surface area contributed by atoms with E-state index in [1.165, 1.54) is 4.90 Å². The number of para-hydroxylation sites is 1. The van der Waals surface area contributed by atoms with Gasteiger partial charge in [0.05, 0.1) is 11.8 Å². The van der Waals surface area contributed by atoms with Crippen LogP contribution in [-0.4, -0.2) is 46.3 Å². The molecule has 11 heteroatoms. The summed E-state index contributed by atoms with van der Waals surface area (Å²) in [5, 5.41) is 2.92. The molecule has 0 spiro atoms. The highest BCUT2D eigenvalue weighted by atomic mass is 32.1. The first-order valence-electron chi connectivity index (χ1n) is 10.7. The minimum Gasteiger partial charge on any atom is -0.395 e. The highest BCUT2D eigenvalue weighted by Gasteiger charge is 2.36. The summed E-state index contributed by atoms with van der Waals surface area (Å²) in [5.74, 6) is -1.81. The van der Waals surface area contributed by atoms with E-state index in [0.29, 0.717) is 24.4 Å². The molecule has 3 aromatic rings. The van der Waals surface area contributed by atoms with Gasteiger partial charge < -0.3 is 21.5 Å². The summed E-state index contributed by atoms with van der Waals surface area (Å²) in [4.78, 5) is 44.4. The van der Waals surface area contributed by atoms with Gasteiger partial charge in [-0.25, -0.2) is 0 Å². The van der Waals surface area contributed by atoms with Gasteiger partial charge in [-0.05, 0) is 54.2 Å². The Bertz CT molecular complexity index is 1160. The van der Waals surface area contributed by atoms with Crippen LogP contribution in [0.1, 0.15) is 44.6 Å². The van der Waals surface area contributed by atoms with Crippen LogP contribution in [0, 0.1) is 0 Å². The van der Waals surface area contributed by atoms with Crippen LogP contribution < -0.4 is 21.7 Å². The Hall–Kier alpha value is -3.83. The monoisotopic (exact) mass is 480 g/mol. The lowest BCUT2D eigenvalue weighted by molar-refractivity contribution is -0.123. The largest absolute Gasteiger partial charge is 0.395 e. The fraction of sp³-hybridized carbons (Fsp3) is 0.261. The van der Waals surface area contributed by atoms with Gasteiger partial charge in [0.15, 0.2) is 5.69 Å². The number of hydrogen-bond donors (Lipinski definition) is 3. The molecular weight excluding hydrogens is 456 g/mol. The van der Waals surface area contributed by atoms with Gasteiger partial charge in [-0.15, -0.1) is 0 Å². The Morgan fingerprint density at radius 1 is 1.18 bits per heavy atom. The molecule has 0 aliphatic carbocycles. The lowest BCUT2D eigenvalue weighted by Gasteiger charge is -2.31. The molecule has 1 aliphatic rings. The molecule has 1 aliphatic heterocycles. The predicted octanol–water partition coefficient (Wildman–Crippen LogP) is 1.90. The molecule has 2 aromatic heterocycles. The Kier molecular flexibility index (Phi) is 7.14. The zero-order valence-corrected chi connectivity index (χ0v) is 19.0. The third kappa shape index (κ3) is 4.90. The molecule has 0 saturated carbocycles. The number of carbonyl (C=O) groups excluding carboxylic acids is 3. The molecule has 10 nitrogen and oxygen atoms in total. The first-order valence-corrected chi connectivity index (χ1v) is 11.5. The predicted molar refractivity (Wildman–Crippen MR) is 127 cm³/mol. The zero-order chi connectivity index (χ0) is 24.1. The number of primary amides is 1. The third-order valence-electron chi connectivity index (χ3n) is 5.47. The number of pyridine rings is 1. The Labute approximate surface area is 200 Å². The third-order valence-corrected chi connectivity index (χ3v) is 6.32. The SMILES string of the molecule is NC(=O)c1nsc(C(=O)N(c2ccccc2)C(C(=O)NCC2CCCO2)c2ccncc2)c1N. The number of hydrogen-bond acceptors (Lipinski definition) is 8. The average Bonchev–Trinajstić information content (AvgIpc) is 3.51. The maximum Gasteiger partial charge on any atom is 0.273 e. The van der Waals surface area contributed by atoms with Gasteiger partial charge in [0.1, 0.15) is 10.9 Å². The summed E-state index contributed by atoms with van der Waals surface area (Å²) >= 11 is 0.763. The summed E-state index contributed by atoms with van der Waals surface area (Å²) in [6, 6.07) is 11.0. The van der Waals surface area contributed by atoms with Gasteiger partial charge in [0.2, 0.25) is 5.91 Å². The number of nitrogens with zero attached hydrogens (tertiary/aromatic N) is 3. The van der Waals surface area contributed by atoms with Crippen molar-refractivity contribution in [3.63, 3.8) is 0 Å². The molecular formula is C23H24N6O4S. The number of ether oxygens (including phenoxy) is 1. The van der Waals surface area contributed by atoms with Crippen molar-refractivity contribution < 1.29 is 19.1 Å². The molecule has 3 amide bonds. The van der Waals surface area contributed by atoms with E-state index < -0.39 is 23.8 Å². The van der Waals surface area contributed by atoms with Crippen molar-refractivity contribution in [2.75, 3.05) is 23.8 Å². The van der Waals surface area contributed by atoms with E-state index in [2.05, 4.69) is 14.7 Å². The highest BCUT2D eigenvalue weighted by molar-refractivity contribution is 7.09. The van der Waals surface area contributed by atoms with Crippen LogP contribution in [0.3, 0.4) is 0 Å². The van der Waals surface area contributed by atoms with Crippen molar-refractivity contribution in [3.8, 4) is 0 Å². The number of benzene rings is 1. The van der Waals surface area contributed by atoms with Crippen molar-refractivity contribution in [3.05, 3.63) is 71.0 Å². The van der Waals surface area contributed by atoms with E-state index >= 15 is 0 Å². The maximum atomic E-state index is 13.8. The van der Waals surface area contributed by atoms with Crippen LogP contribution >= 0.6 is 11.5 Å². The lowest BCUT2D eigenvalue weighted by atomic mass is 10.0. The molecule has 0 radical (unpaired) electrons. The topological polar surface area (TPSA) is 154 Å². The van der Waals surface area contributed by atoms with Crippen molar-refractivity contribution in [1.29, 1.82) is 0 Å². The standard InChI is InChI=1S/C23H24N6O4S/c24-17-18(21(25)30)28-34-20(17)23(32)29(15-5-2-1-3-6-15)19(14-8-10-26-11-9-14)22(31)27-13-16-7-4-12-33-16/h1-3,5-6,8-11,16,19H,4,7,12-13,24H2,(H2,25,30)(H,27,31). The molecule has 176 valence electrons. The molecule has 1 aromatic carbocycles. The maximum absolute atomic E-state index is 13.8. The molecule has 2 unspecified atom stereocenters. The number of aromatic nitrogens is 2. The summed E-state index contributed by atoms with van der Waals surface area (Å²) < 4.78 is 9.56. The van der Waals surface area contributed by atoms with Crippen molar-refractivity contribution >= 4 is 40.6 Å². The number of rotatable bonds is 8. The van der Waals surface area contributed by atoms with Crippen LogP contribution in [0.2, 0.25) is 0 Å². The number of amides is 3. The van der Waals surface area contributed by atoms with E-state index in [1.807, 2.05) is 0 Å².